The molecule has 0 aliphatic carbocycles. The predicted molar refractivity (Wildman–Crippen MR) is 133 cm³/mol. The second-order valence-electron chi connectivity index (χ2n) is 8.50. The zero-order valence-electron chi connectivity index (χ0n) is 19.0. The number of amides is 1. The number of nitrogens with zero attached hydrogens (tertiary/aromatic N) is 6. The Balaban J connectivity index is 1.35. The number of rotatable bonds is 4. The lowest BCUT2D eigenvalue weighted by molar-refractivity contribution is -0.167. The van der Waals surface area contributed by atoms with E-state index in [4.69, 9.17) is 10.5 Å². The van der Waals surface area contributed by atoms with E-state index in [9.17, 15) is 14.7 Å². The maximum Gasteiger partial charge on any atom is 0.263 e. The quantitative estimate of drug-likeness (QED) is 0.329. The number of aliphatic hydroxyl groups excluding tert-OH is 1. The Morgan fingerprint density at radius 3 is 2.94 bits per heavy atom. The predicted octanol–water partition coefficient (Wildman–Crippen LogP) is 1.55. The standard InChI is InChI=1S/C23H20N8O4S/c1-23(18(32)20-26-14-5-4-13-17(36-29-19(13)24)16(14)21(33)27-20)22(34)30(9-10-35-23)15-6-8-31(28-15)12-3-2-7-25-11-12/h2-8,11,18,32H,9-10H2,1H3,(H2,24,29)(H,26,27,33)/t18-,23-/m0/s1. The molecule has 0 radical (unpaired) electrons. The summed E-state index contributed by atoms with van der Waals surface area (Å²) in [6.07, 6.45) is 3.49. The summed E-state index contributed by atoms with van der Waals surface area (Å²) in [5.41, 5.74) is 4.79. The molecule has 1 aliphatic heterocycles. The Labute approximate surface area is 207 Å². The van der Waals surface area contributed by atoms with Gasteiger partial charge in [0.15, 0.2) is 11.4 Å². The van der Waals surface area contributed by atoms with E-state index in [0.29, 0.717) is 32.6 Å². The summed E-state index contributed by atoms with van der Waals surface area (Å²) in [6, 6.07) is 8.69. The van der Waals surface area contributed by atoms with E-state index in [1.807, 2.05) is 6.07 Å². The van der Waals surface area contributed by atoms with E-state index in [1.165, 1.54) is 11.8 Å². The van der Waals surface area contributed by atoms with Crippen LogP contribution in [0.4, 0.5) is 11.6 Å². The van der Waals surface area contributed by atoms with E-state index in [1.54, 1.807) is 47.5 Å². The van der Waals surface area contributed by atoms with Crippen LogP contribution in [-0.2, 0) is 9.53 Å². The monoisotopic (exact) mass is 504 g/mol. The maximum atomic E-state index is 13.6. The van der Waals surface area contributed by atoms with Crippen LogP contribution in [0.15, 0.2) is 53.7 Å². The maximum absolute atomic E-state index is 13.6. The number of nitrogens with two attached hydrogens (primary N) is 1. The molecule has 4 aromatic heterocycles. The van der Waals surface area contributed by atoms with E-state index in [0.717, 1.165) is 17.2 Å². The first kappa shape index (κ1) is 22.3. The number of anilines is 2. The highest BCUT2D eigenvalue weighted by Crippen LogP contribution is 2.35. The van der Waals surface area contributed by atoms with Gasteiger partial charge in [-0.05, 0) is 42.7 Å². The lowest BCUT2D eigenvalue weighted by Gasteiger charge is -2.40. The van der Waals surface area contributed by atoms with Crippen LogP contribution >= 0.6 is 11.5 Å². The number of H-pyrrole nitrogens is 1. The molecule has 0 bridgehead atoms. The third kappa shape index (κ3) is 3.36. The van der Waals surface area contributed by atoms with Gasteiger partial charge in [-0.25, -0.2) is 9.67 Å². The first-order valence-electron chi connectivity index (χ1n) is 11.0. The van der Waals surface area contributed by atoms with Crippen LogP contribution in [-0.4, -0.2) is 58.9 Å². The topological polar surface area (TPSA) is 165 Å². The summed E-state index contributed by atoms with van der Waals surface area (Å²) in [5.74, 6) is 0.143. The van der Waals surface area contributed by atoms with E-state index < -0.39 is 23.2 Å². The van der Waals surface area contributed by atoms with Gasteiger partial charge >= 0.3 is 0 Å². The lowest BCUT2D eigenvalue weighted by atomic mass is 9.94. The molecule has 13 heteroatoms. The van der Waals surface area contributed by atoms with E-state index >= 15 is 0 Å². The minimum absolute atomic E-state index is 0.0806. The van der Waals surface area contributed by atoms with Crippen molar-refractivity contribution in [2.75, 3.05) is 23.8 Å². The summed E-state index contributed by atoms with van der Waals surface area (Å²) in [6.45, 7) is 1.87. The summed E-state index contributed by atoms with van der Waals surface area (Å²) in [7, 11) is 0. The van der Waals surface area contributed by atoms with Crippen molar-refractivity contribution in [1.82, 2.24) is 29.1 Å². The molecule has 1 saturated heterocycles. The van der Waals surface area contributed by atoms with Crippen LogP contribution in [0.1, 0.15) is 18.9 Å². The molecule has 4 N–H and O–H groups in total. The van der Waals surface area contributed by atoms with Crippen LogP contribution in [0, 0.1) is 0 Å². The summed E-state index contributed by atoms with van der Waals surface area (Å²) in [4.78, 5) is 39.2. The highest BCUT2D eigenvalue weighted by atomic mass is 32.1. The van der Waals surface area contributed by atoms with Crippen LogP contribution in [0.25, 0.3) is 26.7 Å². The molecule has 182 valence electrons. The Morgan fingerprint density at radius 2 is 2.14 bits per heavy atom. The second kappa shape index (κ2) is 8.19. The van der Waals surface area contributed by atoms with Crippen molar-refractivity contribution in [2.45, 2.75) is 18.6 Å². The Bertz CT molecular complexity index is 1680. The molecular formula is C23H20N8O4S. The van der Waals surface area contributed by atoms with Crippen molar-refractivity contribution >= 4 is 50.1 Å². The molecule has 1 fully saturated rings. The summed E-state index contributed by atoms with van der Waals surface area (Å²) >= 11 is 1.10. The van der Waals surface area contributed by atoms with Crippen LogP contribution in [0.5, 0.6) is 0 Å². The number of aromatic amines is 1. The average Bonchev–Trinajstić information content (AvgIpc) is 3.53. The van der Waals surface area contributed by atoms with Crippen molar-refractivity contribution in [3.8, 4) is 5.69 Å². The van der Waals surface area contributed by atoms with Gasteiger partial charge in [0.25, 0.3) is 11.5 Å². The van der Waals surface area contributed by atoms with Gasteiger partial charge < -0.3 is 20.6 Å². The SMILES string of the molecule is C[C@@]1([C@@H](O)c2nc3ccc4c(N)nsc4c3c(=O)[nH]2)OCCN(c2ccn(-c3cccnc3)n2)C1=O. The van der Waals surface area contributed by atoms with Gasteiger partial charge in [0.1, 0.15) is 17.7 Å². The minimum Gasteiger partial charge on any atom is -0.382 e. The van der Waals surface area contributed by atoms with Crippen LogP contribution in [0.3, 0.4) is 0 Å². The third-order valence-electron chi connectivity index (χ3n) is 6.29. The number of benzene rings is 1. The number of carbonyl (C=O) groups is 1. The highest BCUT2D eigenvalue weighted by Gasteiger charge is 2.49. The van der Waals surface area contributed by atoms with Gasteiger partial charge in [0.05, 0.1) is 40.6 Å². The fourth-order valence-electron chi connectivity index (χ4n) is 4.34. The minimum atomic E-state index is -1.71. The van der Waals surface area contributed by atoms with E-state index in [-0.39, 0.29) is 19.0 Å². The smallest absolute Gasteiger partial charge is 0.263 e. The van der Waals surface area contributed by atoms with Crippen LogP contribution in [0.2, 0.25) is 0 Å². The number of nitrogen functional groups attached to an aromatic ring is 1. The van der Waals surface area contributed by atoms with Gasteiger partial charge in [-0.2, -0.15) is 4.37 Å². The van der Waals surface area contributed by atoms with Crippen molar-refractivity contribution in [1.29, 1.82) is 0 Å². The molecule has 0 unspecified atom stereocenters. The number of ether oxygens (including phenoxy) is 1. The summed E-state index contributed by atoms with van der Waals surface area (Å²) in [5, 5.41) is 16.7. The van der Waals surface area contributed by atoms with E-state index in [2.05, 4.69) is 24.4 Å². The molecule has 12 nitrogen and oxygen atoms in total. The molecule has 0 spiro atoms. The number of aromatic nitrogens is 6. The largest absolute Gasteiger partial charge is 0.382 e. The van der Waals surface area contributed by atoms with Crippen molar-refractivity contribution in [3.63, 3.8) is 0 Å². The molecule has 6 rings (SSSR count). The molecule has 0 saturated carbocycles. The number of fused-ring (bicyclic) bond motifs is 3. The number of nitrogens with one attached hydrogen (secondary N) is 1. The fraction of sp³-hybridized carbons (Fsp3) is 0.217. The van der Waals surface area contributed by atoms with Gasteiger partial charge in [-0.3, -0.25) is 19.5 Å². The van der Waals surface area contributed by atoms with Gasteiger partial charge in [-0.1, -0.05) is 0 Å². The molecule has 2 atom stereocenters. The van der Waals surface area contributed by atoms with Crippen molar-refractivity contribution in [3.05, 3.63) is 65.1 Å². The van der Waals surface area contributed by atoms with Gasteiger partial charge in [0.2, 0.25) is 0 Å². The first-order valence-corrected chi connectivity index (χ1v) is 11.8. The Morgan fingerprint density at radius 1 is 1.28 bits per heavy atom. The first-order chi connectivity index (χ1) is 17.4. The van der Waals surface area contributed by atoms with Gasteiger partial charge in [0, 0.05) is 23.8 Å². The number of carbonyl (C=O) groups excluding carboxylic acids is 1. The zero-order valence-corrected chi connectivity index (χ0v) is 19.8. The van der Waals surface area contributed by atoms with Crippen LogP contribution < -0.4 is 16.2 Å². The molecule has 1 aromatic carbocycles. The second-order valence-corrected chi connectivity index (χ2v) is 9.27. The Kier molecular flexibility index (Phi) is 5.07. The van der Waals surface area contributed by atoms with Crippen molar-refractivity contribution < 1.29 is 14.6 Å². The third-order valence-corrected chi connectivity index (χ3v) is 7.18. The Hall–Kier alpha value is -4.20. The number of hydrogen-bond donors (Lipinski definition) is 3. The molecule has 1 amide bonds. The highest BCUT2D eigenvalue weighted by molar-refractivity contribution is 7.14. The number of aliphatic hydroxyl groups is 1. The molecule has 5 heterocycles. The van der Waals surface area contributed by atoms with Crippen molar-refractivity contribution in [2.24, 2.45) is 0 Å². The fourth-order valence-corrected chi connectivity index (χ4v) is 5.19. The summed E-state index contributed by atoms with van der Waals surface area (Å²) < 4.78 is 12.1. The lowest BCUT2D eigenvalue weighted by Crippen LogP contribution is -2.58. The van der Waals surface area contributed by atoms with Gasteiger partial charge in [-0.15, -0.1) is 5.10 Å². The zero-order chi connectivity index (χ0) is 25.0. The normalized spacial score (nSPS) is 19.3. The molecule has 1 aliphatic rings. The molecule has 5 aromatic rings. The average molecular weight is 505 g/mol. The molecular weight excluding hydrogens is 484 g/mol. The molecule has 36 heavy (non-hydrogen) atoms. The number of pyridine rings is 1. The number of morpholine rings is 1. The number of hydrogen-bond acceptors (Lipinski definition) is 10.